The number of benzene rings is 3. The van der Waals surface area contributed by atoms with Crippen LogP contribution in [0.2, 0.25) is 0 Å². The average molecular weight is 616 g/mol. The molecule has 3 aromatic rings. The van der Waals surface area contributed by atoms with Crippen LogP contribution in [0, 0.1) is 0 Å². The molecule has 3 aromatic carbocycles. The van der Waals surface area contributed by atoms with Crippen molar-refractivity contribution in [1.29, 1.82) is 0 Å². The maximum Gasteiger partial charge on any atom is 0.408 e. The van der Waals surface area contributed by atoms with Gasteiger partial charge in [0.1, 0.15) is 29.2 Å². The molecule has 0 spiro atoms. The number of amides is 3. The van der Waals surface area contributed by atoms with Gasteiger partial charge in [0, 0.05) is 17.6 Å². The number of ether oxygens (including phenoxy) is 2. The Bertz CT molecular complexity index is 1480. The highest BCUT2D eigenvalue weighted by Crippen LogP contribution is 2.34. The largest absolute Gasteiger partial charge is 0.508 e. The molecule has 0 heterocycles. The quantitative estimate of drug-likeness (QED) is 0.205. The predicted octanol–water partition coefficient (Wildman–Crippen LogP) is 6.88. The lowest BCUT2D eigenvalue weighted by molar-refractivity contribution is -0.147. The Labute approximate surface area is 266 Å². The van der Waals surface area contributed by atoms with E-state index in [1.807, 2.05) is 39.0 Å². The lowest BCUT2D eigenvalue weighted by atomic mass is 9.90. The van der Waals surface area contributed by atoms with Crippen LogP contribution in [0.3, 0.4) is 0 Å². The number of nitrogens with zero attached hydrogens (tertiary/aromatic N) is 1. The fourth-order valence-electron chi connectivity index (χ4n) is 4.79. The van der Waals surface area contributed by atoms with E-state index >= 15 is 0 Å². The van der Waals surface area contributed by atoms with Crippen LogP contribution in [-0.4, -0.2) is 52.2 Å². The zero-order chi connectivity index (χ0) is 33.4. The van der Waals surface area contributed by atoms with E-state index < -0.39 is 41.1 Å². The highest BCUT2D eigenvalue weighted by atomic mass is 16.6. The molecule has 45 heavy (non-hydrogen) atoms. The van der Waals surface area contributed by atoms with Crippen LogP contribution >= 0.6 is 0 Å². The lowest BCUT2D eigenvalue weighted by Gasteiger charge is -2.44. The third kappa shape index (κ3) is 9.60. The average Bonchev–Trinajstić information content (AvgIpc) is 2.99. The molecule has 0 aliphatic heterocycles. The Morgan fingerprint density at radius 3 is 2.18 bits per heavy atom. The maximum absolute atomic E-state index is 14.8. The first-order chi connectivity index (χ1) is 21.2. The molecule has 0 aliphatic carbocycles. The number of methoxy groups -OCH3 is 1. The van der Waals surface area contributed by atoms with Gasteiger partial charge in [0.2, 0.25) is 5.91 Å². The van der Waals surface area contributed by atoms with Crippen LogP contribution < -0.4 is 15.4 Å². The number of phenolic OH excluding ortho intramolecular Hbond substituents is 1. The number of alkyl carbamates (subject to hydrolysis) is 1. The van der Waals surface area contributed by atoms with Crippen LogP contribution in [0.5, 0.6) is 11.5 Å². The van der Waals surface area contributed by atoms with Crippen LogP contribution in [0.15, 0.2) is 79.4 Å². The van der Waals surface area contributed by atoms with Gasteiger partial charge in [-0.25, -0.2) is 4.79 Å². The molecule has 0 bridgehead atoms. The summed E-state index contributed by atoms with van der Waals surface area (Å²) < 4.78 is 10.8. The normalized spacial score (nSPS) is 12.8. The van der Waals surface area contributed by atoms with E-state index in [0.717, 1.165) is 5.56 Å². The van der Waals surface area contributed by atoms with Crippen LogP contribution in [0.4, 0.5) is 10.5 Å². The van der Waals surface area contributed by atoms with Crippen molar-refractivity contribution in [2.75, 3.05) is 12.4 Å². The smallest absolute Gasteiger partial charge is 0.408 e. The minimum atomic E-state index is -1.10. The first-order valence-corrected chi connectivity index (χ1v) is 15.0. The molecule has 0 aromatic heterocycles. The van der Waals surface area contributed by atoms with Crippen molar-refractivity contribution >= 4 is 29.7 Å². The van der Waals surface area contributed by atoms with Gasteiger partial charge < -0.3 is 30.1 Å². The Morgan fingerprint density at radius 1 is 0.978 bits per heavy atom. The number of aromatic hydroxyl groups is 1. The number of carbonyl (C=O) groups is 3. The van der Waals surface area contributed by atoms with Crippen molar-refractivity contribution in [2.45, 2.75) is 77.6 Å². The minimum Gasteiger partial charge on any atom is -0.508 e. The Hall–Kier alpha value is -4.79. The minimum absolute atomic E-state index is 0.0767. The molecule has 2 atom stereocenters. The van der Waals surface area contributed by atoms with Crippen molar-refractivity contribution in [3.8, 4) is 11.5 Å². The van der Waals surface area contributed by atoms with Crippen molar-refractivity contribution < 1.29 is 29.0 Å². The summed E-state index contributed by atoms with van der Waals surface area (Å²) in [6.07, 6.45) is 1.51. The Kier molecular flexibility index (Phi) is 11.4. The van der Waals surface area contributed by atoms with E-state index in [1.54, 1.807) is 81.3 Å². The zero-order valence-electron chi connectivity index (χ0n) is 27.2. The molecular weight excluding hydrogens is 570 g/mol. The topological polar surface area (TPSA) is 117 Å². The summed E-state index contributed by atoms with van der Waals surface area (Å²) in [7, 11) is 1.56. The van der Waals surface area contributed by atoms with Gasteiger partial charge in [-0.2, -0.15) is 0 Å². The molecule has 0 fully saturated rings. The van der Waals surface area contributed by atoms with Gasteiger partial charge in [0.25, 0.3) is 5.91 Å². The molecule has 3 amide bonds. The monoisotopic (exact) mass is 615 g/mol. The first-order valence-electron chi connectivity index (χ1n) is 15.0. The lowest BCUT2D eigenvalue weighted by Crippen LogP contribution is -2.59. The van der Waals surface area contributed by atoms with Crippen LogP contribution in [0.1, 0.15) is 70.7 Å². The third-order valence-electron chi connectivity index (χ3n) is 7.45. The molecule has 9 heteroatoms. The summed E-state index contributed by atoms with van der Waals surface area (Å²) in [5, 5.41) is 15.6. The van der Waals surface area contributed by atoms with E-state index in [9.17, 15) is 19.5 Å². The first kappa shape index (κ1) is 34.7. The van der Waals surface area contributed by atoms with E-state index in [4.69, 9.17) is 9.47 Å². The number of carbonyl (C=O) groups excluding carboxylic acids is 3. The third-order valence-corrected chi connectivity index (χ3v) is 7.45. The van der Waals surface area contributed by atoms with Gasteiger partial charge >= 0.3 is 6.09 Å². The van der Waals surface area contributed by atoms with E-state index in [1.165, 1.54) is 12.1 Å². The number of hydrogen-bond donors (Lipinski definition) is 3. The molecule has 2 unspecified atom stereocenters. The van der Waals surface area contributed by atoms with Gasteiger partial charge in [-0.15, -0.1) is 0 Å². The predicted molar refractivity (Wildman–Crippen MR) is 177 cm³/mol. The second kappa shape index (κ2) is 14.8. The summed E-state index contributed by atoms with van der Waals surface area (Å²) >= 11 is 0. The van der Waals surface area contributed by atoms with Crippen LogP contribution in [-0.2, 0) is 20.7 Å². The second-order valence-electron chi connectivity index (χ2n) is 12.4. The van der Waals surface area contributed by atoms with Crippen molar-refractivity contribution in [3.05, 3.63) is 96.1 Å². The van der Waals surface area contributed by atoms with Gasteiger partial charge in [-0.3, -0.25) is 9.59 Å². The van der Waals surface area contributed by atoms with Gasteiger partial charge in [-0.1, -0.05) is 49.9 Å². The number of anilines is 1. The number of rotatable bonds is 12. The fraction of sp³-hybridized carbons (Fsp3) is 0.361. The molecule has 0 saturated carbocycles. The highest BCUT2D eigenvalue weighted by Gasteiger charge is 2.43. The Morgan fingerprint density at radius 2 is 1.62 bits per heavy atom. The molecule has 0 aliphatic rings. The maximum atomic E-state index is 14.8. The number of nitrogens with one attached hydrogen (secondary N) is 2. The summed E-state index contributed by atoms with van der Waals surface area (Å²) in [5.41, 5.74) is 0.943. The molecule has 9 nitrogen and oxygen atoms in total. The van der Waals surface area contributed by atoms with Crippen molar-refractivity contribution in [3.63, 3.8) is 0 Å². The number of hydrogen-bond acceptors (Lipinski definition) is 6. The van der Waals surface area contributed by atoms with Crippen molar-refractivity contribution in [1.82, 2.24) is 10.2 Å². The molecular formula is C36H45N3O6. The Balaban J connectivity index is 2.16. The van der Waals surface area contributed by atoms with Gasteiger partial charge in [-0.05, 0) is 100 Å². The van der Waals surface area contributed by atoms with Crippen LogP contribution in [0.25, 0.3) is 6.08 Å². The van der Waals surface area contributed by atoms with Gasteiger partial charge in [0.15, 0.2) is 0 Å². The molecule has 3 N–H and O–H groups in total. The van der Waals surface area contributed by atoms with Crippen molar-refractivity contribution in [2.24, 2.45) is 0 Å². The molecule has 0 radical (unpaired) electrons. The summed E-state index contributed by atoms with van der Waals surface area (Å²) in [5.74, 6) is -0.193. The van der Waals surface area contributed by atoms with E-state index in [0.29, 0.717) is 29.0 Å². The van der Waals surface area contributed by atoms with Gasteiger partial charge in [0.05, 0.1) is 7.11 Å². The second-order valence-corrected chi connectivity index (χ2v) is 12.4. The number of phenols is 1. The molecule has 240 valence electrons. The fourth-order valence-corrected chi connectivity index (χ4v) is 4.79. The molecule has 3 rings (SSSR count). The zero-order valence-corrected chi connectivity index (χ0v) is 27.2. The van der Waals surface area contributed by atoms with E-state index in [-0.39, 0.29) is 12.2 Å². The SMILES string of the molecule is C=Cc1cccc(C(C(=O)Nc2ccc(OC)cc2)N(C(=O)C(Cc2ccc(O)cc2)NC(=O)OC(C)(C)C)C(C)(C)CC)c1. The summed E-state index contributed by atoms with van der Waals surface area (Å²) in [6, 6.07) is 18.4. The summed E-state index contributed by atoms with van der Waals surface area (Å²) in [4.78, 5) is 43.7. The molecule has 0 saturated heterocycles. The van der Waals surface area contributed by atoms with E-state index in [2.05, 4.69) is 17.2 Å². The standard InChI is InChI=1S/C36H45N3O6/c1-9-24-12-11-13-26(22-24)31(32(41)37-27-16-20-29(44-8)21-17-27)39(36(6,7)10-2)33(42)30(38-34(43)45-35(3,4)5)23-25-14-18-28(40)19-15-25/h9,11-22,30-31,40H,1,10,23H2,2-8H3,(H,37,41)(H,38,43). The summed E-state index contributed by atoms with van der Waals surface area (Å²) in [6.45, 7) is 14.8. The highest BCUT2D eigenvalue weighted by molar-refractivity contribution is 5.99.